The zero-order chi connectivity index (χ0) is 14.0. The number of nitrogens with zero attached hydrogens (tertiary/aromatic N) is 1. The number of H-pyrrole nitrogens is 1. The molecule has 2 rings (SSSR count). The Morgan fingerprint density at radius 3 is 2.68 bits per heavy atom. The summed E-state index contributed by atoms with van der Waals surface area (Å²) in [6.07, 6.45) is 1.79. The Hall–Kier alpha value is -2.30. The minimum atomic E-state index is -0.545. The van der Waals surface area contributed by atoms with Gasteiger partial charge >= 0.3 is 0 Å². The van der Waals surface area contributed by atoms with Crippen molar-refractivity contribution in [3.63, 3.8) is 0 Å². The van der Waals surface area contributed by atoms with Crippen LogP contribution in [0.25, 0.3) is 10.9 Å². The van der Waals surface area contributed by atoms with Gasteiger partial charge in [0, 0.05) is 36.8 Å². The maximum absolute atomic E-state index is 12.2. The van der Waals surface area contributed by atoms with Crippen LogP contribution in [0.5, 0.6) is 0 Å². The summed E-state index contributed by atoms with van der Waals surface area (Å²) < 4.78 is 0. The molecule has 0 aliphatic carbocycles. The number of hydrogen-bond donors (Lipinski definition) is 2. The smallest absolute Gasteiger partial charge is 0.252 e. The molecule has 1 atom stereocenters. The van der Waals surface area contributed by atoms with Gasteiger partial charge in [0.1, 0.15) is 6.04 Å². The van der Waals surface area contributed by atoms with E-state index in [1.807, 2.05) is 18.2 Å². The van der Waals surface area contributed by atoms with Crippen LogP contribution in [0.3, 0.4) is 0 Å². The molecule has 2 N–H and O–H groups in total. The second kappa shape index (κ2) is 5.14. The third kappa shape index (κ3) is 2.59. The summed E-state index contributed by atoms with van der Waals surface area (Å²) in [5, 5.41) is 3.57. The van der Waals surface area contributed by atoms with E-state index < -0.39 is 6.04 Å². The normalized spacial score (nSPS) is 12.2. The molecule has 0 radical (unpaired) electrons. The lowest BCUT2D eigenvalue weighted by molar-refractivity contribution is -0.130. The first-order chi connectivity index (χ1) is 9.00. The molecule has 19 heavy (non-hydrogen) atoms. The van der Waals surface area contributed by atoms with Crippen LogP contribution in [0.2, 0.25) is 0 Å². The molecule has 2 amide bonds. The van der Waals surface area contributed by atoms with Crippen molar-refractivity contribution in [2.24, 2.45) is 0 Å². The van der Waals surface area contributed by atoms with Crippen molar-refractivity contribution in [2.75, 3.05) is 14.1 Å². The van der Waals surface area contributed by atoms with E-state index in [0.29, 0.717) is 5.56 Å². The molecule has 5 heteroatoms. The van der Waals surface area contributed by atoms with Crippen molar-refractivity contribution >= 4 is 22.7 Å². The van der Waals surface area contributed by atoms with E-state index in [2.05, 4.69) is 10.3 Å². The van der Waals surface area contributed by atoms with E-state index in [0.717, 1.165) is 10.9 Å². The lowest BCUT2D eigenvalue weighted by Gasteiger charge is -2.18. The molecular formula is C14H17N3O2. The molecule has 0 bridgehead atoms. The summed E-state index contributed by atoms with van der Waals surface area (Å²) in [6.45, 7) is 1.68. The van der Waals surface area contributed by atoms with E-state index in [-0.39, 0.29) is 11.8 Å². The van der Waals surface area contributed by atoms with Crippen LogP contribution in [0.1, 0.15) is 17.3 Å². The number of fused-ring (bicyclic) bond motifs is 1. The second-order valence-corrected chi connectivity index (χ2v) is 4.67. The molecule has 0 spiro atoms. The Labute approximate surface area is 111 Å². The molecule has 5 nitrogen and oxygen atoms in total. The molecule has 1 heterocycles. The predicted octanol–water partition coefficient (Wildman–Crippen LogP) is 1.37. The minimum Gasteiger partial charge on any atom is -0.361 e. The van der Waals surface area contributed by atoms with Gasteiger partial charge in [-0.2, -0.15) is 0 Å². The molecule has 1 aromatic carbocycles. The molecule has 0 aliphatic heterocycles. The van der Waals surface area contributed by atoms with Gasteiger partial charge in [0.25, 0.3) is 5.91 Å². The zero-order valence-electron chi connectivity index (χ0n) is 11.2. The van der Waals surface area contributed by atoms with Crippen molar-refractivity contribution in [3.05, 3.63) is 36.0 Å². The van der Waals surface area contributed by atoms with Gasteiger partial charge in [-0.1, -0.05) is 6.07 Å². The third-order valence-corrected chi connectivity index (χ3v) is 3.00. The number of carbonyl (C=O) groups is 2. The first-order valence-corrected chi connectivity index (χ1v) is 6.09. The minimum absolute atomic E-state index is 0.130. The number of rotatable bonds is 3. The number of nitrogens with one attached hydrogen (secondary N) is 2. The van der Waals surface area contributed by atoms with Gasteiger partial charge in [-0.05, 0) is 25.1 Å². The van der Waals surface area contributed by atoms with Crippen LogP contribution < -0.4 is 5.32 Å². The predicted molar refractivity (Wildman–Crippen MR) is 73.9 cm³/mol. The Balaban J connectivity index is 2.21. The summed E-state index contributed by atoms with van der Waals surface area (Å²) in [5.74, 6) is -0.373. The van der Waals surface area contributed by atoms with Crippen LogP contribution in [0.15, 0.2) is 30.5 Å². The first-order valence-electron chi connectivity index (χ1n) is 6.09. The van der Waals surface area contributed by atoms with Gasteiger partial charge in [0.15, 0.2) is 0 Å². The summed E-state index contributed by atoms with van der Waals surface area (Å²) in [7, 11) is 3.33. The highest BCUT2D eigenvalue weighted by Crippen LogP contribution is 2.17. The van der Waals surface area contributed by atoms with Crippen LogP contribution in [-0.2, 0) is 4.79 Å². The number of hydrogen-bond acceptors (Lipinski definition) is 2. The van der Waals surface area contributed by atoms with Gasteiger partial charge in [0.05, 0.1) is 0 Å². The van der Waals surface area contributed by atoms with E-state index in [9.17, 15) is 9.59 Å². The van der Waals surface area contributed by atoms with Gasteiger partial charge < -0.3 is 15.2 Å². The Morgan fingerprint density at radius 1 is 1.26 bits per heavy atom. The molecule has 0 saturated heterocycles. The lowest BCUT2D eigenvalue weighted by Crippen LogP contribution is -2.44. The van der Waals surface area contributed by atoms with E-state index in [1.165, 1.54) is 4.90 Å². The van der Waals surface area contributed by atoms with Crippen molar-refractivity contribution in [1.29, 1.82) is 0 Å². The summed E-state index contributed by atoms with van der Waals surface area (Å²) in [6, 6.07) is 6.77. The standard InChI is InChI=1S/C14H17N3O2/c1-9(14(19)17(2)3)16-13(18)11-5-4-6-12-10(11)7-8-15-12/h4-9,15H,1-3H3,(H,16,18). The average Bonchev–Trinajstić information content (AvgIpc) is 2.85. The van der Waals surface area contributed by atoms with E-state index in [4.69, 9.17) is 0 Å². The van der Waals surface area contributed by atoms with Crippen molar-refractivity contribution in [3.8, 4) is 0 Å². The van der Waals surface area contributed by atoms with Crippen molar-refractivity contribution in [1.82, 2.24) is 15.2 Å². The van der Waals surface area contributed by atoms with E-state index in [1.54, 1.807) is 33.3 Å². The molecule has 2 aromatic rings. The third-order valence-electron chi connectivity index (χ3n) is 3.00. The monoisotopic (exact) mass is 259 g/mol. The maximum Gasteiger partial charge on any atom is 0.252 e. The molecule has 0 fully saturated rings. The number of carbonyl (C=O) groups excluding carboxylic acids is 2. The second-order valence-electron chi connectivity index (χ2n) is 4.67. The lowest BCUT2D eigenvalue weighted by atomic mass is 10.1. The Kier molecular flexibility index (Phi) is 3.55. The topological polar surface area (TPSA) is 65.2 Å². The average molecular weight is 259 g/mol. The number of benzene rings is 1. The highest BCUT2D eigenvalue weighted by Gasteiger charge is 2.19. The van der Waals surface area contributed by atoms with Gasteiger partial charge in [-0.3, -0.25) is 9.59 Å². The number of likely N-dealkylation sites (N-methyl/N-ethyl adjacent to an activating group) is 1. The number of aromatic nitrogens is 1. The molecule has 100 valence electrons. The van der Waals surface area contributed by atoms with Gasteiger partial charge in [-0.15, -0.1) is 0 Å². The van der Waals surface area contributed by atoms with Crippen LogP contribution >= 0.6 is 0 Å². The SMILES string of the molecule is CC(NC(=O)c1cccc2[nH]ccc12)C(=O)N(C)C. The van der Waals surface area contributed by atoms with Crippen molar-refractivity contribution in [2.45, 2.75) is 13.0 Å². The highest BCUT2D eigenvalue weighted by atomic mass is 16.2. The van der Waals surface area contributed by atoms with Crippen LogP contribution in [-0.4, -0.2) is 41.8 Å². The van der Waals surface area contributed by atoms with Crippen LogP contribution in [0, 0.1) is 0 Å². The maximum atomic E-state index is 12.2. The highest BCUT2D eigenvalue weighted by molar-refractivity contribution is 6.07. The molecule has 1 aromatic heterocycles. The van der Waals surface area contributed by atoms with Gasteiger partial charge in [-0.25, -0.2) is 0 Å². The summed E-state index contributed by atoms with van der Waals surface area (Å²) in [5.41, 5.74) is 1.47. The fraction of sp³-hybridized carbons (Fsp3) is 0.286. The molecule has 0 saturated carbocycles. The molecular weight excluding hydrogens is 242 g/mol. The summed E-state index contributed by atoms with van der Waals surface area (Å²) in [4.78, 5) is 28.4. The molecule has 1 unspecified atom stereocenters. The number of amides is 2. The largest absolute Gasteiger partial charge is 0.361 e. The van der Waals surface area contributed by atoms with E-state index >= 15 is 0 Å². The Bertz CT molecular complexity index is 616. The van der Waals surface area contributed by atoms with Gasteiger partial charge in [0.2, 0.25) is 5.91 Å². The first kappa shape index (κ1) is 13.1. The fourth-order valence-electron chi connectivity index (χ4n) is 2.01. The number of aromatic amines is 1. The van der Waals surface area contributed by atoms with Crippen molar-refractivity contribution < 1.29 is 9.59 Å². The quantitative estimate of drug-likeness (QED) is 0.874. The molecule has 0 aliphatic rings. The zero-order valence-corrected chi connectivity index (χ0v) is 11.2. The Morgan fingerprint density at radius 2 is 2.00 bits per heavy atom. The summed E-state index contributed by atoms with van der Waals surface area (Å²) >= 11 is 0. The fourth-order valence-corrected chi connectivity index (χ4v) is 2.01. The van der Waals surface area contributed by atoms with Crippen LogP contribution in [0.4, 0.5) is 0 Å².